The molecule has 2 aliphatic rings. The van der Waals surface area contributed by atoms with Gasteiger partial charge in [0.25, 0.3) is 5.92 Å². The first-order chi connectivity index (χ1) is 8.67. The molecule has 5 heteroatoms. The summed E-state index contributed by atoms with van der Waals surface area (Å²) in [6.07, 6.45) is -2.92. The molecule has 1 aromatic carbocycles. The van der Waals surface area contributed by atoms with Crippen molar-refractivity contribution < 1.29 is 23.0 Å². The van der Waals surface area contributed by atoms with Crippen LogP contribution in [0.2, 0.25) is 0 Å². The highest BCUT2D eigenvalue weighted by atomic mass is 19.3. The van der Waals surface area contributed by atoms with Gasteiger partial charge in [-0.1, -0.05) is 30.3 Å². The molecule has 0 aromatic heterocycles. The zero-order chi connectivity index (χ0) is 12.6. The van der Waals surface area contributed by atoms with E-state index >= 15 is 0 Å². The highest BCUT2D eigenvalue weighted by molar-refractivity contribution is 5.16. The molecule has 18 heavy (non-hydrogen) atoms. The van der Waals surface area contributed by atoms with Crippen molar-refractivity contribution in [1.29, 1.82) is 0 Å². The largest absolute Gasteiger partial charge is 0.373 e. The molecule has 0 spiro atoms. The molecule has 2 heterocycles. The molecule has 1 unspecified atom stereocenters. The summed E-state index contributed by atoms with van der Waals surface area (Å²) in [6.45, 7) is 0.191. The fraction of sp³-hybridized carbons (Fsp3) is 0.538. The molecule has 1 aromatic rings. The van der Waals surface area contributed by atoms with Crippen LogP contribution in [0.3, 0.4) is 0 Å². The first kappa shape index (κ1) is 12.0. The Morgan fingerprint density at radius 3 is 2.67 bits per heavy atom. The summed E-state index contributed by atoms with van der Waals surface area (Å²) in [6, 6.07) is 9.10. The summed E-state index contributed by atoms with van der Waals surface area (Å²) in [7, 11) is 0. The number of fused-ring (bicyclic) bond motifs is 1. The van der Waals surface area contributed by atoms with Gasteiger partial charge in [-0.05, 0) is 0 Å². The molecule has 98 valence electrons. The average Bonchev–Trinajstić information content (AvgIpc) is 2.39. The maximum absolute atomic E-state index is 13.8. The predicted octanol–water partition coefficient (Wildman–Crippen LogP) is 2.52. The van der Waals surface area contributed by atoms with E-state index in [1.807, 2.05) is 18.2 Å². The summed E-state index contributed by atoms with van der Waals surface area (Å²) >= 11 is 0. The molecule has 0 bridgehead atoms. The van der Waals surface area contributed by atoms with Gasteiger partial charge in [0, 0.05) is 12.0 Å². The highest BCUT2D eigenvalue weighted by Gasteiger charge is 2.52. The van der Waals surface area contributed by atoms with Crippen LogP contribution in [0, 0.1) is 0 Å². The van der Waals surface area contributed by atoms with Gasteiger partial charge in [0.05, 0.1) is 13.2 Å². The van der Waals surface area contributed by atoms with E-state index in [0.717, 1.165) is 5.56 Å². The summed E-state index contributed by atoms with van der Waals surface area (Å²) in [5.74, 6) is -2.85. The zero-order valence-electron chi connectivity index (χ0n) is 9.72. The first-order valence-corrected chi connectivity index (χ1v) is 5.98. The van der Waals surface area contributed by atoms with E-state index in [-0.39, 0.29) is 19.6 Å². The molecule has 3 nitrogen and oxygen atoms in total. The van der Waals surface area contributed by atoms with Crippen LogP contribution in [0.15, 0.2) is 30.3 Å². The van der Waals surface area contributed by atoms with Gasteiger partial charge in [0.15, 0.2) is 12.4 Å². The topological polar surface area (TPSA) is 27.7 Å². The van der Waals surface area contributed by atoms with Crippen molar-refractivity contribution in [3.63, 3.8) is 0 Å². The second-order valence-electron chi connectivity index (χ2n) is 4.55. The van der Waals surface area contributed by atoms with Crippen LogP contribution in [0.25, 0.3) is 0 Å². The Balaban J connectivity index is 1.79. The fourth-order valence-corrected chi connectivity index (χ4v) is 2.31. The van der Waals surface area contributed by atoms with Gasteiger partial charge < -0.3 is 14.2 Å². The minimum Gasteiger partial charge on any atom is -0.373 e. The normalized spacial score (nSPS) is 34.9. The number of alkyl halides is 2. The molecule has 0 radical (unpaired) electrons. The lowest BCUT2D eigenvalue weighted by Crippen LogP contribution is -2.55. The van der Waals surface area contributed by atoms with E-state index in [1.165, 1.54) is 0 Å². The quantitative estimate of drug-likeness (QED) is 0.772. The van der Waals surface area contributed by atoms with Gasteiger partial charge in [-0.2, -0.15) is 0 Å². The van der Waals surface area contributed by atoms with E-state index in [4.69, 9.17) is 14.2 Å². The number of hydrogen-bond donors (Lipinski definition) is 0. The van der Waals surface area contributed by atoms with Crippen molar-refractivity contribution in [1.82, 2.24) is 0 Å². The summed E-state index contributed by atoms with van der Waals surface area (Å²) < 4.78 is 43.6. The van der Waals surface area contributed by atoms with E-state index in [2.05, 4.69) is 0 Å². The van der Waals surface area contributed by atoms with E-state index in [9.17, 15) is 8.78 Å². The summed E-state index contributed by atoms with van der Waals surface area (Å²) in [4.78, 5) is 0. The lowest BCUT2D eigenvalue weighted by Gasteiger charge is -2.43. The zero-order valence-corrected chi connectivity index (χ0v) is 9.72. The second-order valence-corrected chi connectivity index (χ2v) is 4.55. The third-order valence-corrected chi connectivity index (χ3v) is 3.28. The Kier molecular flexibility index (Phi) is 3.05. The third kappa shape index (κ3) is 2.13. The molecule has 2 saturated heterocycles. The van der Waals surface area contributed by atoms with Crippen molar-refractivity contribution in [3.8, 4) is 0 Å². The average molecular weight is 256 g/mol. The molecule has 3 atom stereocenters. The van der Waals surface area contributed by atoms with Crippen LogP contribution in [-0.2, 0) is 14.2 Å². The SMILES string of the molecule is FC1(F)CCO[C@@H]2CO[C@@H](c3ccccc3)OC21. The van der Waals surface area contributed by atoms with Gasteiger partial charge in [0.2, 0.25) is 0 Å². The number of benzene rings is 1. The Morgan fingerprint density at radius 2 is 1.89 bits per heavy atom. The van der Waals surface area contributed by atoms with Gasteiger partial charge >= 0.3 is 0 Å². The third-order valence-electron chi connectivity index (χ3n) is 3.28. The molecule has 0 amide bonds. The lowest BCUT2D eigenvalue weighted by atomic mass is 10.00. The molecule has 3 rings (SSSR count). The van der Waals surface area contributed by atoms with E-state index in [0.29, 0.717) is 0 Å². The van der Waals surface area contributed by atoms with E-state index < -0.39 is 24.4 Å². The maximum atomic E-state index is 13.8. The van der Waals surface area contributed by atoms with Crippen LogP contribution in [0.5, 0.6) is 0 Å². The number of ether oxygens (including phenoxy) is 3. The summed E-state index contributed by atoms with van der Waals surface area (Å²) in [5.41, 5.74) is 0.748. The van der Waals surface area contributed by atoms with Crippen LogP contribution < -0.4 is 0 Å². The number of rotatable bonds is 1. The number of hydrogen-bond acceptors (Lipinski definition) is 3. The van der Waals surface area contributed by atoms with Gasteiger partial charge in [-0.15, -0.1) is 0 Å². The minimum absolute atomic E-state index is 0.0525. The van der Waals surface area contributed by atoms with Gasteiger partial charge in [-0.25, -0.2) is 8.78 Å². The Hall–Kier alpha value is -1.04. The van der Waals surface area contributed by atoms with Crippen LogP contribution in [0.4, 0.5) is 8.78 Å². The molecule has 2 aliphatic heterocycles. The number of halogens is 2. The molecule has 0 aliphatic carbocycles. The van der Waals surface area contributed by atoms with Crippen LogP contribution in [0.1, 0.15) is 18.3 Å². The smallest absolute Gasteiger partial charge is 0.278 e. The molecular weight excluding hydrogens is 242 g/mol. The lowest BCUT2D eigenvalue weighted by molar-refractivity contribution is -0.331. The van der Waals surface area contributed by atoms with Crippen LogP contribution >= 0.6 is 0 Å². The van der Waals surface area contributed by atoms with Gasteiger partial charge in [0.1, 0.15) is 6.10 Å². The molecule has 2 fully saturated rings. The Bertz CT molecular complexity index is 410. The van der Waals surface area contributed by atoms with Crippen molar-refractivity contribution in [3.05, 3.63) is 35.9 Å². The van der Waals surface area contributed by atoms with Crippen molar-refractivity contribution in [2.24, 2.45) is 0 Å². The van der Waals surface area contributed by atoms with Crippen molar-refractivity contribution >= 4 is 0 Å². The standard InChI is InChI=1S/C13H14F2O3/c14-13(15)6-7-16-10-8-17-12(18-11(10)13)9-4-2-1-3-5-9/h1-5,10-12H,6-8H2/t10-,11?,12-/m1/s1. The Labute approximate surface area is 104 Å². The molecular formula is C13H14F2O3. The molecule has 0 saturated carbocycles. The van der Waals surface area contributed by atoms with Gasteiger partial charge in [-0.3, -0.25) is 0 Å². The minimum atomic E-state index is -2.85. The predicted molar refractivity (Wildman–Crippen MR) is 59.3 cm³/mol. The maximum Gasteiger partial charge on any atom is 0.278 e. The Morgan fingerprint density at radius 1 is 1.11 bits per heavy atom. The van der Waals surface area contributed by atoms with E-state index in [1.54, 1.807) is 12.1 Å². The highest BCUT2D eigenvalue weighted by Crippen LogP contribution is 2.39. The fourth-order valence-electron chi connectivity index (χ4n) is 2.31. The second kappa shape index (κ2) is 4.57. The monoisotopic (exact) mass is 256 g/mol. The molecule has 0 N–H and O–H groups in total. The first-order valence-electron chi connectivity index (χ1n) is 5.98. The van der Waals surface area contributed by atoms with Crippen molar-refractivity contribution in [2.45, 2.75) is 30.8 Å². The summed E-state index contributed by atoms with van der Waals surface area (Å²) in [5, 5.41) is 0. The van der Waals surface area contributed by atoms with Crippen LogP contribution in [-0.4, -0.2) is 31.3 Å². The van der Waals surface area contributed by atoms with Crippen molar-refractivity contribution in [2.75, 3.05) is 13.2 Å².